The first-order valence-corrected chi connectivity index (χ1v) is 8.56. The summed E-state index contributed by atoms with van der Waals surface area (Å²) in [6, 6.07) is 6.85. The smallest absolute Gasteiger partial charge is 0.348 e. The van der Waals surface area contributed by atoms with E-state index in [1.54, 1.807) is 12.1 Å². The number of phenolic OH excluding ortho intramolecular Hbond substituents is 1. The summed E-state index contributed by atoms with van der Waals surface area (Å²) in [4.78, 5) is 15.7. The van der Waals surface area contributed by atoms with Crippen molar-refractivity contribution in [3.63, 3.8) is 0 Å². The molecule has 5 nitrogen and oxygen atoms in total. The number of thiophene rings is 1. The number of aromatic amines is 1. The third-order valence-corrected chi connectivity index (χ3v) is 5.00. The lowest BCUT2D eigenvalue weighted by molar-refractivity contribution is 0.464. The fourth-order valence-electron chi connectivity index (χ4n) is 2.15. The van der Waals surface area contributed by atoms with Crippen LogP contribution < -0.4 is 5.69 Å². The molecule has 2 heterocycles. The Hall–Kier alpha value is -1.83. The van der Waals surface area contributed by atoms with Crippen LogP contribution in [0, 0.1) is 0 Å². The number of aromatic hydroxyl groups is 1. The topological polar surface area (TPSA) is 70.9 Å². The molecule has 0 fully saturated rings. The van der Waals surface area contributed by atoms with Gasteiger partial charge in [-0.1, -0.05) is 17.7 Å². The van der Waals surface area contributed by atoms with Gasteiger partial charge in [-0.3, -0.25) is 4.98 Å². The molecule has 0 aliphatic heterocycles. The Morgan fingerprint density at radius 3 is 2.91 bits per heavy atom. The minimum atomic E-state index is -0.452. The number of nitrogens with one attached hydrogen (secondary N) is 1. The molecule has 2 aromatic heterocycles. The van der Waals surface area contributed by atoms with E-state index in [1.165, 1.54) is 17.4 Å². The third kappa shape index (κ3) is 3.12. The SMILES string of the molecule is C=CCc1cc(Cl)cc(-n2nc(-c3ccc(Br)s3)[nH]c2=O)c1O. The van der Waals surface area contributed by atoms with E-state index in [0.717, 1.165) is 13.3 Å². The largest absolute Gasteiger partial charge is 0.505 e. The number of phenols is 1. The zero-order valence-electron chi connectivity index (χ0n) is 11.7. The van der Waals surface area contributed by atoms with Gasteiger partial charge in [-0.05, 0) is 46.6 Å². The van der Waals surface area contributed by atoms with Crippen LogP contribution in [0.4, 0.5) is 0 Å². The molecule has 8 heteroatoms. The van der Waals surface area contributed by atoms with Crippen LogP contribution in [0.25, 0.3) is 16.4 Å². The lowest BCUT2D eigenvalue weighted by Gasteiger charge is -2.08. The first-order valence-electron chi connectivity index (χ1n) is 6.57. The summed E-state index contributed by atoms with van der Waals surface area (Å²) in [7, 11) is 0. The lowest BCUT2D eigenvalue weighted by Crippen LogP contribution is -2.16. The van der Waals surface area contributed by atoms with Crippen LogP contribution in [0.3, 0.4) is 0 Å². The summed E-state index contributed by atoms with van der Waals surface area (Å²) >= 11 is 10.9. The van der Waals surface area contributed by atoms with E-state index in [4.69, 9.17) is 11.6 Å². The number of hydrogen-bond acceptors (Lipinski definition) is 4. The van der Waals surface area contributed by atoms with Crippen LogP contribution >= 0.6 is 38.9 Å². The minimum Gasteiger partial charge on any atom is -0.505 e. The van der Waals surface area contributed by atoms with Crippen molar-refractivity contribution in [2.75, 3.05) is 0 Å². The molecule has 0 saturated heterocycles. The van der Waals surface area contributed by atoms with Gasteiger partial charge in [-0.15, -0.1) is 23.0 Å². The molecule has 3 rings (SSSR count). The van der Waals surface area contributed by atoms with Gasteiger partial charge in [-0.2, -0.15) is 4.68 Å². The maximum atomic E-state index is 12.2. The third-order valence-electron chi connectivity index (χ3n) is 3.15. The number of aromatic nitrogens is 3. The molecule has 2 N–H and O–H groups in total. The molecule has 23 heavy (non-hydrogen) atoms. The first-order chi connectivity index (χ1) is 11.0. The van der Waals surface area contributed by atoms with Crippen molar-refractivity contribution < 1.29 is 5.11 Å². The average Bonchev–Trinajstić information content (AvgIpc) is 3.09. The number of allylic oxidation sites excluding steroid dienone is 1. The molecule has 0 aliphatic rings. The number of halogens is 2. The van der Waals surface area contributed by atoms with E-state index < -0.39 is 5.69 Å². The molecular weight excluding hydrogens is 402 g/mol. The number of nitrogens with zero attached hydrogens (tertiary/aromatic N) is 2. The number of H-pyrrole nitrogens is 1. The summed E-state index contributed by atoms with van der Waals surface area (Å²) in [6.07, 6.45) is 2.08. The summed E-state index contributed by atoms with van der Waals surface area (Å²) < 4.78 is 2.04. The van der Waals surface area contributed by atoms with E-state index >= 15 is 0 Å². The van der Waals surface area contributed by atoms with Gasteiger partial charge < -0.3 is 5.11 Å². The van der Waals surface area contributed by atoms with Gasteiger partial charge in [0.1, 0.15) is 11.4 Å². The van der Waals surface area contributed by atoms with E-state index in [-0.39, 0.29) is 11.4 Å². The second kappa shape index (κ2) is 6.35. The molecule has 3 aromatic rings. The molecule has 0 amide bonds. The van der Waals surface area contributed by atoms with Crippen LogP contribution in [0.2, 0.25) is 5.02 Å². The zero-order valence-corrected chi connectivity index (χ0v) is 14.9. The normalized spacial score (nSPS) is 10.9. The van der Waals surface area contributed by atoms with Gasteiger partial charge in [0, 0.05) is 10.6 Å². The van der Waals surface area contributed by atoms with E-state index in [0.29, 0.717) is 22.8 Å². The predicted octanol–water partition coefficient (Wildman–Crippen LogP) is 4.14. The maximum absolute atomic E-state index is 12.2. The average molecular weight is 413 g/mol. The summed E-state index contributed by atoms with van der Waals surface area (Å²) in [6.45, 7) is 3.65. The minimum absolute atomic E-state index is 0.0400. The monoisotopic (exact) mass is 411 g/mol. The molecule has 0 spiro atoms. The van der Waals surface area contributed by atoms with Gasteiger partial charge in [0.2, 0.25) is 0 Å². The van der Waals surface area contributed by atoms with Gasteiger partial charge >= 0.3 is 5.69 Å². The summed E-state index contributed by atoms with van der Waals surface area (Å²) in [5.74, 6) is 0.386. The van der Waals surface area contributed by atoms with Crippen molar-refractivity contribution in [1.82, 2.24) is 14.8 Å². The highest BCUT2D eigenvalue weighted by Crippen LogP contribution is 2.31. The second-order valence-corrected chi connectivity index (χ2v) is 7.62. The Morgan fingerprint density at radius 2 is 2.26 bits per heavy atom. The Labute approximate surface area is 149 Å². The molecule has 0 unspecified atom stereocenters. The van der Waals surface area contributed by atoms with Crippen LogP contribution in [0.5, 0.6) is 5.75 Å². The number of hydrogen-bond donors (Lipinski definition) is 2. The molecule has 0 aliphatic carbocycles. The second-order valence-electron chi connectivity index (χ2n) is 4.72. The van der Waals surface area contributed by atoms with Crippen molar-refractivity contribution in [2.45, 2.75) is 6.42 Å². The summed E-state index contributed by atoms with van der Waals surface area (Å²) in [5.41, 5.74) is 0.363. The Kier molecular flexibility index (Phi) is 4.43. The highest BCUT2D eigenvalue weighted by molar-refractivity contribution is 9.11. The molecular formula is C15H11BrClN3O2S. The number of rotatable bonds is 4. The van der Waals surface area contributed by atoms with Gasteiger partial charge in [-0.25, -0.2) is 4.79 Å². The van der Waals surface area contributed by atoms with Crippen molar-refractivity contribution >= 4 is 38.9 Å². The molecule has 0 radical (unpaired) electrons. The number of benzene rings is 1. The Bertz CT molecular complexity index is 945. The predicted molar refractivity (Wildman–Crippen MR) is 95.8 cm³/mol. The van der Waals surface area contributed by atoms with E-state index in [9.17, 15) is 9.90 Å². The fraction of sp³-hybridized carbons (Fsp3) is 0.0667. The quantitative estimate of drug-likeness (QED) is 0.633. The van der Waals surface area contributed by atoms with Crippen LogP contribution in [-0.2, 0) is 6.42 Å². The van der Waals surface area contributed by atoms with Crippen molar-refractivity contribution in [3.8, 4) is 22.1 Å². The fourth-order valence-corrected chi connectivity index (χ4v) is 3.71. The highest BCUT2D eigenvalue weighted by atomic mass is 79.9. The van der Waals surface area contributed by atoms with E-state index in [1.807, 2.05) is 12.1 Å². The molecule has 1 aromatic carbocycles. The van der Waals surface area contributed by atoms with Crippen molar-refractivity contribution in [1.29, 1.82) is 0 Å². The van der Waals surface area contributed by atoms with Crippen LogP contribution in [0.15, 0.2) is 45.5 Å². The van der Waals surface area contributed by atoms with Crippen molar-refractivity contribution in [3.05, 3.63) is 61.8 Å². The van der Waals surface area contributed by atoms with E-state index in [2.05, 4.69) is 32.6 Å². The molecule has 118 valence electrons. The zero-order chi connectivity index (χ0) is 16.6. The molecule has 0 bridgehead atoms. The Balaban J connectivity index is 2.14. The summed E-state index contributed by atoms with van der Waals surface area (Å²) in [5, 5.41) is 15.0. The molecule has 0 atom stereocenters. The van der Waals surface area contributed by atoms with Crippen LogP contribution in [-0.4, -0.2) is 19.9 Å². The van der Waals surface area contributed by atoms with Gasteiger partial charge in [0.15, 0.2) is 5.82 Å². The first kappa shape index (κ1) is 16.0. The lowest BCUT2D eigenvalue weighted by atomic mass is 10.1. The van der Waals surface area contributed by atoms with Crippen molar-refractivity contribution in [2.24, 2.45) is 0 Å². The van der Waals surface area contributed by atoms with Gasteiger partial charge in [0.25, 0.3) is 0 Å². The highest BCUT2D eigenvalue weighted by Gasteiger charge is 2.16. The van der Waals surface area contributed by atoms with Gasteiger partial charge in [0.05, 0.1) is 8.66 Å². The molecule has 0 saturated carbocycles. The maximum Gasteiger partial charge on any atom is 0.348 e. The van der Waals surface area contributed by atoms with Crippen LogP contribution in [0.1, 0.15) is 5.56 Å². The Morgan fingerprint density at radius 1 is 1.48 bits per heavy atom. The standard InChI is InChI=1S/C15H11BrClN3O2S/c1-2-3-8-6-9(17)7-10(13(8)21)20-15(22)18-14(19-20)11-4-5-12(16)23-11/h2,4-7,21H,1,3H2,(H,18,19,22).